The van der Waals surface area contributed by atoms with Gasteiger partial charge in [-0.05, 0) is 102 Å². The number of rotatable bonds is 4. The smallest absolute Gasteiger partial charge is 0.0501 e. The van der Waals surface area contributed by atoms with E-state index in [1.165, 1.54) is 87.9 Å². The molecule has 53 heavy (non-hydrogen) atoms. The zero-order chi connectivity index (χ0) is 35.7. The summed E-state index contributed by atoms with van der Waals surface area (Å²) in [6.45, 7) is 7.12. The van der Waals surface area contributed by atoms with E-state index < -0.39 is 0 Å². The third-order valence-electron chi connectivity index (χ3n) is 13.4. The first-order valence-corrected chi connectivity index (χ1v) is 20.0. The van der Waals surface area contributed by atoms with Crippen LogP contribution in [0.2, 0.25) is 0 Å². The average Bonchev–Trinajstić information content (AvgIpc) is 3.19. The molecule has 0 saturated heterocycles. The minimum absolute atomic E-state index is 0.0323. The summed E-state index contributed by atoms with van der Waals surface area (Å²) in [6.07, 6.45) is 1.75. The quantitative estimate of drug-likeness (QED) is 0.168. The predicted molar refractivity (Wildman–Crippen MR) is 221 cm³/mol. The Morgan fingerprint density at radius 2 is 0.660 bits per heavy atom. The molecule has 7 aromatic carbocycles. The van der Waals surface area contributed by atoms with Gasteiger partial charge >= 0.3 is 0 Å². The third-order valence-corrected chi connectivity index (χ3v) is 14.4. The van der Waals surface area contributed by atoms with Crippen LogP contribution in [-0.2, 0) is 29.1 Å². The minimum Gasteiger partial charge on any atom is -0.0619 e. The highest BCUT2D eigenvalue weighted by molar-refractivity contribution is 9.10. The lowest BCUT2D eigenvalue weighted by Gasteiger charge is -2.51. The van der Waals surface area contributed by atoms with E-state index in [-0.39, 0.29) is 28.1 Å². The van der Waals surface area contributed by atoms with Crippen molar-refractivity contribution in [2.75, 3.05) is 0 Å². The topological polar surface area (TPSA) is 0 Å². The van der Waals surface area contributed by atoms with Crippen LogP contribution in [0.3, 0.4) is 0 Å². The molecule has 0 radical (unpaired) electrons. The van der Waals surface area contributed by atoms with Crippen LogP contribution in [0.5, 0.6) is 0 Å². The molecule has 7 aromatic rings. The lowest BCUT2D eigenvalue weighted by Crippen LogP contribution is -2.44. The summed E-state index contributed by atoms with van der Waals surface area (Å²) in [5.41, 5.74) is 21.0. The number of benzene rings is 7. The SMILES string of the molecule is CC(C)(C)c1cc(CC23c4ccccc4C(c4ccccc42)c2ccccc23)c(Br)c(CC23c4ccccc4C(c4ccccc42)c2ccccc23)c1. The zero-order valence-electron chi connectivity index (χ0n) is 30.5. The molecule has 0 heterocycles. The van der Waals surface area contributed by atoms with Gasteiger partial charge in [0.2, 0.25) is 0 Å². The molecule has 6 aliphatic rings. The monoisotopic (exact) mass is 744 g/mol. The van der Waals surface area contributed by atoms with E-state index in [1.807, 2.05) is 0 Å². The van der Waals surface area contributed by atoms with Crippen LogP contribution in [0, 0.1) is 0 Å². The Labute approximate surface area is 321 Å². The Morgan fingerprint density at radius 1 is 0.415 bits per heavy atom. The molecule has 0 atom stereocenters. The molecular formula is C52H41Br. The summed E-state index contributed by atoms with van der Waals surface area (Å²) in [5.74, 6) is 0.530. The van der Waals surface area contributed by atoms with E-state index >= 15 is 0 Å². The standard InChI is InChI=1S/C52H41Br/c1-50(2,3)34-28-32(30-51-41-22-10-4-16-35(41)47(36-17-5-11-23-42(36)51)37-18-6-12-24-43(37)51)49(53)33(29-34)31-52-44-25-13-7-19-38(44)48(39-20-8-14-26-45(39)52)40-21-9-15-27-46(40)52/h4-29,47-48H,30-31H2,1-3H3. The van der Waals surface area contributed by atoms with Crippen LogP contribution in [0.4, 0.5) is 0 Å². The van der Waals surface area contributed by atoms with Gasteiger partial charge in [0.25, 0.3) is 0 Å². The van der Waals surface area contributed by atoms with E-state index in [9.17, 15) is 0 Å². The predicted octanol–water partition coefficient (Wildman–Crippen LogP) is 12.5. The molecule has 0 unspecified atom stereocenters. The van der Waals surface area contributed by atoms with Crippen LogP contribution >= 0.6 is 15.9 Å². The van der Waals surface area contributed by atoms with Crippen LogP contribution in [0.1, 0.15) is 116 Å². The first-order valence-electron chi connectivity index (χ1n) is 19.2. The lowest BCUT2D eigenvalue weighted by atomic mass is 9.51. The summed E-state index contributed by atoms with van der Waals surface area (Å²) < 4.78 is 1.24. The largest absolute Gasteiger partial charge is 0.0619 e. The Kier molecular flexibility index (Phi) is 6.56. The normalized spacial score (nSPS) is 22.3. The molecule has 0 aromatic heterocycles. The van der Waals surface area contributed by atoms with Crippen molar-refractivity contribution in [3.63, 3.8) is 0 Å². The van der Waals surface area contributed by atoms with Crippen molar-refractivity contribution in [1.82, 2.24) is 0 Å². The zero-order valence-corrected chi connectivity index (χ0v) is 32.0. The molecule has 0 N–H and O–H groups in total. The summed E-state index contributed by atoms with van der Waals surface area (Å²) >= 11 is 4.41. The van der Waals surface area contributed by atoms with Crippen LogP contribution in [-0.4, -0.2) is 0 Å². The maximum Gasteiger partial charge on any atom is 0.0501 e. The fourth-order valence-electron chi connectivity index (χ4n) is 11.3. The van der Waals surface area contributed by atoms with Gasteiger partial charge < -0.3 is 0 Å². The maximum atomic E-state index is 4.41. The molecule has 4 bridgehead atoms. The Hall–Kier alpha value is -4.98. The van der Waals surface area contributed by atoms with Gasteiger partial charge in [-0.1, -0.05) is 194 Å². The highest BCUT2D eigenvalue weighted by Crippen LogP contribution is 2.62. The van der Waals surface area contributed by atoms with Gasteiger partial charge in [0.1, 0.15) is 0 Å². The highest BCUT2D eigenvalue weighted by atomic mass is 79.9. The van der Waals surface area contributed by atoms with Crippen molar-refractivity contribution in [3.8, 4) is 0 Å². The van der Waals surface area contributed by atoms with E-state index in [0.29, 0.717) is 0 Å². The first-order chi connectivity index (χ1) is 25.8. The summed E-state index contributed by atoms with van der Waals surface area (Å²) in [5, 5.41) is 0. The van der Waals surface area contributed by atoms with Gasteiger partial charge in [0.05, 0.1) is 10.8 Å². The van der Waals surface area contributed by atoms with Crippen LogP contribution in [0.15, 0.2) is 162 Å². The van der Waals surface area contributed by atoms with Gasteiger partial charge in [0, 0.05) is 16.3 Å². The summed E-state index contributed by atoms with van der Waals surface area (Å²) in [7, 11) is 0. The Balaban J connectivity index is 1.17. The molecule has 1 heteroatoms. The molecule has 0 saturated carbocycles. The molecule has 0 amide bonds. The fraction of sp³-hybridized carbons (Fsp3) is 0.192. The second-order valence-corrected chi connectivity index (χ2v) is 17.7. The molecule has 0 spiro atoms. The number of hydrogen-bond donors (Lipinski definition) is 0. The van der Waals surface area contributed by atoms with Gasteiger partial charge in [0.15, 0.2) is 0 Å². The second-order valence-electron chi connectivity index (χ2n) is 16.9. The molecular weight excluding hydrogens is 704 g/mol. The van der Waals surface area contributed by atoms with Crippen molar-refractivity contribution in [3.05, 3.63) is 246 Å². The van der Waals surface area contributed by atoms with Gasteiger partial charge in [-0.3, -0.25) is 0 Å². The Bertz CT molecular complexity index is 2250. The molecule has 13 rings (SSSR count). The van der Waals surface area contributed by atoms with E-state index in [1.54, 1.807) is 0 Å². The van der Waals surface area contributed by atoms with Crippen LogP contribution < -0.4 is 0 Å². The van der Waals surface area contributed by atoms with Crippen molar-refractivity contribution in [2.24, 2.45) is 0 Å². The number of hydrogen-bond acceptors (Lipinski definition) is 0. The van der Waals surface area contributed by atoms with Gasteiger partial charge in [-0.15, -0.1) is 0 Å². The molecule has 256 valence electrons. The second kappa shape index (κ2) is 11.0. The highest BCUT2D eigenvalue weighted by Gasteiger charge is 2.53. The van der Waals surface area contributed by atoms with Gasteiger partial charge in [-0.2, -0.15) is 0 Å². The van der Waals surface area contributed by atoms with Crippen molar-refractivity contribution >= 4 is 15.9 Å². The van der Waals surface area contributed by atoms with Crippen molar-refractivity contribution in [1.29, 1.82) is 0 Å². The van der Waals surface area contributed by atoms with Crippen molar-refractivity contribution < 1.29 is 0 Å². The Morgan fingerprint density at radius 3 is 0.906 bits per heavy atom. The minimum atomic E-state index is -0.304. The van der Waals surface area contributed by atoms with Crippen molar-refractivity contribution in [2.45, 2.75) is 61.7 Å². The molecule has 0 aliphatic heterocycles. The number of halogens is 1. The average molecular weight is 746 g/mol. The molecule has 6 aliphatic carbocycles. The molecule has 0 fully saturated rings. The molecule has 0 nitrogen and oxygen atoms in total. The van der Waals surface area contributed by atoms with E-state index in [0.717, 1.165) is 12.8 Å². The lowest BCUT2D eigenvalue weighted by molar-refractivity contribution is 0.527. The maximum absolute atomic E-state index is 4.41. The van der Waals surface area contributed by atoms with Crippen LogP contribution in [0.25, 0.3) is 0 Å². The van der Waals surface area contributed by atoms with Gasteiger partial charge in [-0.25, -0.2) is 0 Å². The summed E-state index contributed by atoms with van der Waals surface area (Å²) in [6, 6.07) is 60.8. The fourth-order valence-corrected chi connectivity index (χ4v) is 11.8. The van der Waals surface area contributed by atoms with E-state index in [2.05, 4.69) is 194 Å². The third kappa shape index (κ3) is 4.07. The van der Waals surface area contributed by atoms with E-state index in [4.69, 9.17) is 0 Å². The first kappa shape index (κ1) is 31.5. The summed E-state index contributed by atoms with van der Waals surface area (Å²) in [4.78, 5) is 0.